The van der Waals surface area contributed by atoms with E-state index < -0.39 is 0 Å². The van der Waals surface area contributed by atoms with Crippen LogP contribution in [0.25, 0.3) is 0 Å². The summed E-state index contributed by atoms with van der Waals surface area (Å²) in [5, 5.41) is 11.1. The Hall–Kier alpha value is -1.96. The Balaban J connectivity index is 2.41. The van der Waals surface area contributed by atoms with Crippen LogP contribution in [0.4, 0.5) is 5.69 Å². The molecule has 0 heterocycles. The van der Waals surface area contributed by atoms with Gasteiger partial charge in [0.1, 0.15) is 5.75 Å². The van der Waals surface area contributed by atoms with Crippen LogP contribution >= 0.6 is 0 Å². The average molecular weight is 382 g/mol. The van der Waals surface area contributed by atoms with E-state index in [-0.39, 0.29) is 5.41 Å². The maximum Gasteiger partial charge on any atom is 0.122 e. The summed E-state index contributed by atoms with van der Waals surface area (Å²) in [6.07, 6.45) is 4.13. The van der Waals surface area contributed by atoms with E-state index in [1.54, 1.807) is 0 Å². The number of hydrogen-bond donors (Lipinski definition) is 1. The number of aromatic hydroxyl groups is 1. The van der Waals surface area contributed by atoms with Crippen molar-refractivity contribution in [3.63, 3.8) is 0 Å². The fraction of sp³-hybridized carbons (Fsp3) is 0.538. The fourth-order valence-electron chi connectivity index (χ4n) is 3.39. The summed E-state index contributed by atoms with van der Waals surface area (Å²) in [4.78, 5) is 2.29. The first kappa shape index (κ1) is 22.3. The molecule has 2 rings (SSSR count). The van der Waals surface area contributed by atoms with Gasteiger partial charge in [0.05, 0.1) is 0 Å². The summed E-state index contributed by atoms with van der Waals surface area (Å²) in [6, 6.07) is 14.9. The molecule has 0 saturated heterocycles. The molecule has 2 aromatic carbocycles. The second-order valence-electron chi connectivity index (χ2n) is 9.60. The molecule has 0 aliphatic rings. The van der Waals surface area contributed by atoms with Crippen molar-refractivity contribution in [1.82, 2.24) is 0 Å². The molecule has 2 nitrogen and oxygen atoms in total. The zero-order valence-electron chi connectivity index (χ0n) is 19.0. The van der Waals surface area contributed by atoms with Gasteiger partial charge in [-0.05, 0) is 53.4 Å². The molecule has 0 amide bonds. The first-order valence-corrected chi connectivity index (χ1v) is 10.7. The normalized spacial score (nSPS) is 12.2. The topological polar surface area (TPSA) is 23.5 Å². The molecule has 0 aliphatic carbocycles. The van der Waals surface area contributed by atoms with Crippen molar-refractivity contribution in [3.8, 4) is 5.75 Å². The highest BCUT2D eigenvalue weighted by Gasteiger charge is 2.26. The molecule has 28 heavy (non-hydrogen) atoms. The molecule has 154 valence electrons. The maximum absolute atomic E-state index is 11.1. The number of nitrogens with zero attached hydrogens (tertiary/aromatic N) is 1. The molecule has 1 N–H and O–H groups in total. The van der Waals surface area contributed by atoms with Crippen molar-refractivity contribution in [1.29, 1.82) is 0 Å². The summed E-state index contributed by atoms with van der Waals surface area (Å²) in [6.45, 7) is 14.4. The summed E-state index contributed by atoms with van der Waals surface area (Å²) in [5.41, 5.74) is 4.86. The molecule has 2 aromatic rings. The lowest BCUT2D eigenvalue weighted by Gasteiger charge is -2.30. The lowest BCUT2D eigenvalue weighted by atomic mass is 9.79. The van der Waals surface area contributed by atoms with E-state index >= 15 is 0 Å². The van der Waals surface area contributed by atoms with Crippen molar-refractivity contribution < 1.29 is 5.11 Å². The van der Waals surface area contributed by atoms with Gasteiger partial charge in [-0.3, -0.25) is 0 Å². The molecule has 0 saturated carbocycles. The van der Waals surface area contributed by atoms with Crippen molar-refractivity contribution in [2.75, 3.05) is 11.9 Å². The van der Waals surface area contributed by atoms with Crippen LogP contribution in [0.3, 0.4) is 0 Å². The third-order valence-corrected chi connectivity index (χ3v) is 6.52. The first-order valence-electron chi connectivity index (χ1n) is 10.7. The van der Waals surface area contributed by atoms with Crippen molar-refractivity contribution in [3.05, 3.63) is 59.2 Å². The second-order valence-corrected chi connectivity index (χ2v) is 9.60. The quantitative estimate of drug-likeness (QED) is 0.501. The Kier molecular flexibility index (Phi) is 7.20. The summed E-state index contributed by atoms with van der Waals surface area (Å²) >= 11 is 0. The number of hydrogen-bond acceptors (Lipinski definition) is 2. The number of anilines is 1. The summed E-state index contributed by atoms with van der Waals surface area (Å²) < 4.78 is 0. The minimum Gasteiger partial charge on any atom is -0.507 e. The van der Waals surface area contributed by atoms with E-state index in [0.717, 1.165) is 43.4 Å². The second kappa shape index (κ2) is 9.03. The Morgan fingerprint density at radius 2 is 1.57 bits per heavy atom. The van der Waals surface area contributed by atoms with Gasteiger partial charge in [-0.15, -0.1) is 0 Å². The van der Waals surface area contributed by atoms with Crippen LogP contribution < -0.4 is 4.90 Å². The van der Waals surface area contributed by atoms with E-state index in [1.165, 1.54) is 11.3 Å². The molecule has 0 aromatic heterocycles. The maximum atomic E-state index is 11.1. The van der Waals surface area contributed by atoms with E-state index in [1.807, 2.05) is 0 Å². The monoisotopic (exact) mass is 381 g/mol. The average Bonchev–Trinajstić information content (AvgIpc) is 2.67. The number of phenolic OH excluding ortho intramolecular Hbond substituents is 1. The van der Waals surface area contributed by atoms with Crippen LogP contribution in [-0.4, -0.2) is 12.2 Å². The molecule has 0 radical (unpaired) electrons. The Labute approximate surface area is 172 Å². The van der Waals surface area contributed by atoms with Crippen molar-refractivity contribution in [2.45, 2.75) is 79.2 Å². The summed E-state index contributed by atoms with van der Waals surface area (Å²) in [7, 11) is 2.14. The number of rotatable bonds is 9. The van der Waals surface area contributed by atoms with Gasteiger partial charge >= 0.3 is 0 Å². The number of aryl methyl sites for hydroxylation is 1. The van der Waals surface area contributed by atoms with Crippen LogP contribution in [0.15, 0.2) is 42.5 Å². The highest BCUT2D eigenvalue weighted by molar-refractivity contribution is 5.59. The van der Waals surface area contributed by atoms with Gasteiger partial charge in [0.15, 0.2) is 0 Å². The third-order valence-electron chi connectivity index (χ3n) is 6.52. The number of benzene rings is 2. The lowest BCUT2D eigenvalue weighted by molar-refractivity contribution is 0.320. The minimum absolute atomic E-state index is 0.0529. The largest absolute Gasteiger partial charge is 0.507 e. The van der Waals surface area contributed by atoms with E-state index in [0.29, 0.717) is 11.2 Å². The van der Waals surface area contributed by atoms with Gasteiger partial charge in [0.2, 0.25) is 0 Å². The van der Waals surface area contributed by atoms with E-state index in [9.17, 15) is 5.11 Å². The molecule has 0 spiro atoms. The van der Waals surface area contributed by atoms with Gasteiger partial charge in [-0.25, -0.2) is 0 Å². The van der Waals surface area contributed by atoms with Crippen LogP contribution in [-0.2, 0) is 18.4 Å². The Bertz CT molecular complexity index is 762. The zero-order valence-corrected chi connectivity index (χ0v) is 19.0. The predicted octanol–water partition coefficient (Wildman–Crippen LogP) is 7.09. The zero-order chi connectivity index (χ0) is 20.9. The smallest absolute Gasteiger partial charge is 0.122 e. The molecule has 0 unspecified atom stereocenters. The Morgan fingerprint density at radius 1 is 0.929 bits per heavy atom. The molecule has 0 fully saturated rings. The standard InChI is InChI=1S/C26H39NO/c1-8-25(3,4)16-15-21-17-22(18-23(24(21)28)26(5,6)9-2)27(7)19-20-13-11-10-12-14-20/h10-14,17-18,28H,8-9,15-16,19H2,1-7H3. The highest BCUT2D eigenvalue weighted by atomic mass is 16.3. The lowest BCUT2D eigenvalue weighted by Crippen LogP contribution is -2.21. The first-order chi connectivity index (χ1) is 13.1. The molecule has 0 bridgehead atoms. The van der Waals surface area contributed by atoms with E-state index in [2.05, 4.69) is 96.0 Å². The van der Waals surface area contributed by atoms with Crippen LogP contribution in [0.5, 0.6) is 5.75 Å². The molecular weight excluding hydrogens is 342 g/mol. The molecule has 0 aliphatic heterocycles. The van der Waals surface area contributed by atoms with Crippen molar-refractivity contribution >= 4 is 5.69 Å². The summed E-state index contributed by atoms with van der Waals surface area (Å²) in [5.74, 6) is 0.496. The van der Waals surface area contributed by atoms with Gasteiger partial charge < -0.3 is 10.0 Å². The minimum atomic E-state index is -0.0529. The van der Waals surface area contributed by atoms with E-state index in [4.69, 9.17) is 0 Å². The highest BCUT2D eigenvalue weighted by Crippen LogP contribution is 2.40. The molecule has 0 atom stereocenters. The number of phenols is 1. The third kappa shape index (κ3) is 5.53. The predicted molar refractivity (Wildman–Crippen MR) is 122 cm³/mol. The SMILES string of the molecule is CCC(C)(C)CCc1cc(N(C)Cc2ccccc2)cc(C(C)(C)CC)c1O. The fourth-order valence-corrected chi connectivity index (χ4v) is 3.39. The van der Waals surface area contributed by atoms with Crippen molar-refractivity contribution in [2.24, 2.45) is 5.41 Å². The van der Waals surface area contributed by atoms with Crippen LogP contribution in [0.2, 0.25) is 0 Å². The van der Waals surface area contributed by atoms with Gasteiger partial charge in [-0.1, -0.05) is 78.3 Å². The molecular formula is C26H39NO. The van der Waals surface area contributed by atoms with Crippen LogP contribution in [0.1, 0.15) is 77.5 Å². The Morgan fingerprint density at radius 3 is 2.14 bits per heavy atom. The molecule has 2 heteroatoms. The van der Waals surface area contributed by atoms with Gasteiger partial charge in [0.25, 0.3) is 0 Å². The van der Waals surface area contributed by atoms with Crippen LogP contribution in [0, 0.1) is 5.41 Å². The van der Waals surface area contributed by atoms with Gasteiger partial charge in [0, 0.05) is 24.8 Å². The van der Waals surface area contributed by atoms with Gasteiger partial charge in [-0.2, -0.15) is 0 Å².